The van der Waals surface area contributed by atoms with Crippen LogP contribution < -0.4 is 10.6 Å². The number of hydrogen-bond donors (Lipinski definition) is 2. The van der Waals surface area contributed by atoms with Gasteiger partial charge in [-0.2, -0.15) is 5.10 Å². The molecule has 6 rings (SSSR count). The van der Waals surface area contributed by atoms with Crippen LogP contribution in [-0.2, 0) is 7.05 Å². The number of halogens is 1. The molecule has 11 heteroatoms. The number of carbonyl (C=O) groups excluding carboxylic acids is 1. The molecule has 38 heavy (non-hydrogen) atoms. The number of hydrogen-bond acceptors (Lipinski definition) is 8. The molecule has 2 saturated heterocycles. The van der Waals surface area contributed by atoms with Crippen LogP contribution in [0.1, 0.15) is 48.7 Å². The molecular formula is C27H30FN9O. The highest BCUT2D eigenvalue weighted by atomic mass is 19.1. The minimum Gasteiger partial charge on any atom is -0.337 e. The van der Waals surface area contributed by atoms with Crippen molar-refractivity contribution in [2.45, 2.75) is 32.6 Å². The smallest absolute Gasteiger partial charge is 0.255 e. The summed E-state index contributed by atoms with van der Waals surface area (Å²) in [5, 5.41) is 11.7. The molecule has 2 aliphatic heterocycles. The molecule has 6 heterocycles. The van der Waals surface area contributed by atoms with Crippen LogP contribution in [0.4, 0.5) is 16.2 Å². The second-order valence-electron chi connectivity index (χ2n) is 10.6. The van der Waals surface area contributed by atoms with E-state index < -0.39 is 5.82 Å². The van der Waals surface area contributed by atoms with E-state index in [9.17, 15) is 9.18 Å². The molecule has 0 aromatic carbocycles. The lowest BCUT2D eigenvalue weighted by molar-refractivity contribution is -0.0113. The van der Waals surface area contributed by atoms with Gasteiger partial charge in [0, 0.05) is 48.9 Å². The average molecular weight is 516 g/mol. The molecule has 0 unspecified atom stereocenters. The summed E-state index contributed by atoms with van der Waals surface area (Å²) in [4.78, 5) is 32.1. The average Bonchev–Trinajstić information content (AvgIpc) is 3.24. The van der Waals surface area contributed by atoms with Crippen molar-refractivity contribution < 1.29 is 9.18 Å². The van der Waals surface area contributed by atoms with E-state index in [0.717, 1.165) is 56.3 Å². The summed E-state index contributed by atoms with van der Waals surface area (Å²) in [7, 11) is 1.88. The summed E-state index contributed by atoms with van der Waals surface area (Å²) < 4.78 is 16.6. The first-order valence-corrected chi connectivity index (χ1v) is 12.9. The number of amides is 1. The summed E-state index contributed by atoms with van der Waals surface area (Å²) in [6, 6.07) is 5.31. The van der Waals surface area contributed by atoms with Crippen molar-refractivity contribution >= 4 is 28.7 Å². The van der Waals surface area contributed by atoms with Crippen LogP contribution in [0.5, 0.6) is 0 Å². The first-order chi connectivity index (χ1) is 18.3. The van der Waals surface area contributed by atoms with Crippen LogP contribution in [0.25, 0.3) is 22.3 Å². The number of piperidine rings is 1. The molecule has 4 aromatic rings. The number of nitrogens with one attached hydrogen (secondary N) is 2. The Labute approximate surface area is 219 Å². The number of aryl methyl sites for hydroxylation is 1. The van der Waals surface area contributed by atoms with Gasteiger partial charge in [0.2, 0.25) is 5.95 Å². The van der Waals surface area contributed by atoms with Crippen molar-refractivity contribution in [3.8, 4) is 11.3 Å². The molecular weight excluding hydrogens is 485 g/mol. The lowest BCUT2D eigenvalue weighted by Crippen LogP contribution is -2.61. The number of rotatable bonds is 5. The van der Waals surface area contributed by atoms with Crippen LogP contribution in [0.2, 0.25) is 0 Å². The van der Waals surface area contributed by atoms with Gasteiger partial charge in [-0.05, 0) is 50.0 Å². The Kier molecular flexibility index (Phi) is 6.02. The Bertz CT molecular complexity index is 1500. The third kappa shape index (κ3) is 4.36. The van der Waals surface area contributed by atoms with Crippen LogP contribution in [0, 0.1) is 11.2 Å². The van der Waals surface area contributed by atoms with Crippen LogP contribution in [-0.4, -0.2) is 66.7 Å². The second-order valence-corrected chi connectivity index (χ2v) is 10.6. The van der Waals surface area contributed by atoms with Gasteiger partial charge in [0.15, 0.2) is 11.5 Å². The molecule has 0 atom stereocenters. The van der Waals surface area contributed by atoms with Gasteiger partial charge in [0.1, 0.15) is 11.5 Å². The fourth-order valence-electron chi connectivity index (χ4n) is 5.61. The number of pyridine rings is 2. The zero-order valence-corrected chi connectivity index (χ0v) is 21.7. The van der Waals surface area contributed by atoms with E-state index in [1.807, 2.05) is 22.7 Å². The Morgan fingerprint density at radius 1 is 1.11 bits per heavy atom. The van der Waals surface area contributed by atoms with Crippen LogP contribution in [0.3, 0.4) is 0 Å². The van der Waals surface area contributed by atoms with Crippen molar-refractivity contribution in [1.29, 1.82) is 0 Å². The quantitative estimate of drug-likeness (QED) is 0.414. The van der Waals surface area contributed by atoms with Gasteiger partial charge in [-0.1, -0.05) is 13.8 Å². The largest absolute Gasteiger partial charge is 0.337 e. The highest BCUT2D eigenvalue weighted by molar-refractivity contribution is 5.94. The molecule has 0 aliphatic carbocycles. The summed E-state index contributed by atoms with van der Waals surface area (Å²) in [5.74, 6) is 0.316. The molecule has 0 radical (unpaired) electrons. The topological polar surface area (TPSA) is 114 Å². The molecule has 2 fully saturated rings. The summed E-state index contributed by atoms with van der Waals surface area (Å²) in [5.41, 5.74) is 3.11. The molecule has 1 spiro atoms. The van der Waals surface area contributed by atoms with Crippen molar-refractivity contribution in [2.75, 3.05) is 31.5 Å². The summed E-state index contributed by atoms with van der Waals surface area (Å²) in [6.07, 6.45) is 6.47. The molecule has 2 N–H and O–H groups in total. The lowest BCUT2D eigenvalue weighted by atomic mass is 9.72. The molecule has 0 bridgehead atoms. The van der Waals surface area contributed by atoms with Crippen molar-refractivity contribution in [3.63, 3.8) is 0 Å². The van der Waals surface area contributed by atoms with Gasteiger partial charge in [-0.3, -0.25) is 9.48 Å². The maximum absolute atomic E-state index is 14.8. The van der Waals surface area contributed by atoms with E-state index in [1.54, 1.807) is 24.5 Å². The predicted molar refractivity (Wildman–Crippen MR) is 142 cm³/mol. The molecule has 4 aromatic heterocycles. The maximum Gasteiger partial charge on any atom is 0.255 e. The van der Waals surface area contributed by atoms with E-state index in [4.69, 9.17) is 0 Å². The fourth-order valence-corrected chi connectivity index (χ4v) is 5.61. The van der Waals surface area contributed by atoms with Gasteiger partial charge < -0.3 is 15.5 Å². The summed E-state index contributed by atoms with van der Waals surface area (Å²) >= 11 is 0. The van der Waals surface area contributed by atoms with Crippen molar-refractivity contribution in [3.05, 3.63) is 53.9 Å². The van der Waals surface area contributed by atoms with Gasteiger partial charge in [-0.15, -0.1) is 0 Å². The highest BCUT2D eigenvalue weighted by Gasteiger charge is 2.45. The Morgan fingerprint density at radius 2 is 1.89 bits per heavy atom. The van der Waals surface area contributed by atoms with E-state index in [2.05, 4.69) is 49.5 Å². The molecule has 2 aliphatic rings. The van der Waals surface area contributed by atoms with Crippen molar-refractivity contribution in [1.82, 2.24) is 39.9 Å². The third-order valence-corrected chi connectivity index (χ3v) is 7.55. The number of anilines is 2. The normalized spacial score (nSPS) is 16.7. The number of likely N-dealkylation sites (tertiary alicyclic amines) is 1. The Hall–Kier alpha value is -3.99. The fraction of sp³-hybridized carbons (Fsp3) is 0.407. The lowest BCUT2D eigenvalue weighted by Gasteiger charge is -2.52. The standard InChI is InChI=1S/C27H30FN9O/c1-16(2)23-19-10-18(12-31-24(19)35-36(23)3)22-20(28)13-32-26(34-22)33-21-5-4-17(11-30-21)25(38)37-14-27(15-37)6-8-29-9-7-27/h4-5,10-13,16,29H,6-9,14-15H2,1-3H3,(H,30,32,33,34). The van der Waals surface area contributed by atoms with E-state index in [-0.39, 0.29) is 28.9 Å². The minimum absolute atomic E-state index is 0.00686. The number of fused-ring (bicyclic) bond motifs is 1. The van der Waals surface area contributed by atoms with Gasteiger partial charge in [-0.25, -0.2) is 24.3 Å². The zero-order chi connectivity index (χ0) is 26.4. The first kappa shape index (κ1) is 24.4. The van der Waals surface area contributed by atoms with Crippen LogP contribution >= 0.6 is 0 Å². The number of nitrogens with zero attached hydrogens (tertiary/aromatic N) is 7. The SMILES string of the molecule is CC(C)c1c2cc(-c3nc(Nc4ccc(C(=O)N5CC6(CCNCC6)C5)cn4)ncc3F)cnc2nn1C. The highest BCUT2D eigenvalue weighted by Crippen LogP contribution is 2.39. The second kappa shape index (κ2) is 9.39. The molecule has 10 nitrogen and oxygen atoms in total. The maximum atomic E-state index is 14.8. The molecule has 1 amide bonds. The molecule has 0 saturated carbocycles. The Balaban J connectivity index is 1.18. The van der Waals surface area contributed by atoms with E-state index >= 15 is 0 Å². The van der Waals surface area contributed by atoms with Crippen molar-refractivity contribution in [2.24, 2.45) is 12.5 Å². The van der Waals surface area contributed by atoms with Gasteiger partial charge in [0.05, 0.1) is 17.5 Å². The van der Waals surface area contributed by atoms with Gasteiger partial charge in [0.25, 0.3) is 5.91 Å². The zero-order valence-electron chi connectivity index (χ0n) is 21.7. The monoisotopic (exact) mass is 515 g/mol. The third-order valence-electron chi connectivity index (χ3n) is 7.55. The van der Waals surface area contributed by atoms with E-state index in [1.165, 1.54) is 0 Å². The Morgan fingerprint density at radius 3 is 2.61 bits per heavy atom. The number of carbonyl (C=O) groups is 1. The first-order valence-electron chi connectivity index (χ1n) is 12.9. The number of aromatic nitrogens is 6. The minimum atomic E-state index is -0.554. The van der Waals surface area contributed by atoms with E-state index in [0.29, 0.717) is 22.6 Å². The van der Waals surface area contributed by atoms with Gasteiger partial charge >= 0.3 is 0 Å². The van der Waals surface area contributed by atoms with Crippen LogP contribution in [0.15, 0.2) is 36.8 Å². The summed E-state index contributed by atoms with van der Waals surface area (Å²) in [6.45, 7) is 7.80. The molecule has 196 valence electrons. The predicted octanol–water partition coefficient (Wildman–Crippen LogP) is 3.65.